The summed E-state index contributed by atoms with van der Waals surface area (Å²) in [6, 6.07) is 9.76. The molecule has 1 heterocycles. The molecule has 2 aromatic rings. The van der Waals surface area contributed by atoms with Crippen molar-refractivity contribution in [2.45, 2.75) is 6.54 Å². The van der Waals surface area contributed by atoms with Crippen LogP contribution in [0.4, 0.5) is 5.69 Å². The topological polar surface area (TPSA) is 99.9 Å². The fourth-order valence-electron chi connectivity index (χ4n) is 2.53. The fraction of sp³-hybridized carbons (Fsp3) is 0.235. The Kier molecular flexibility index (Phi) is 4.69. The molecule has 8 nitrogen and oxygen atoms in total. The lowest BCUT2D eigenvalue weighted by Gasteiger charge is -2.19. The summed E-state index contributed by atoms with van der Waals surface area (Å²) in [7, 11) is 1.53. The molecule has 1 N–H and O–H groups in total. The van der Waals surface area contributed by atoms with Gasteiger partial charge in [-0.05, 0) is 6.07 Å². The van der Waals surface area contributed by atoms with Crippen LogP contribution in [0, 0.1) is 10.1 Å². The minimum Gasteiger partial charge on any atom is -0.496 e. The number of ether oxygens (including phenoxy) is 3. The third kappa shape index (κ3) is 3.47. The van der Waals surface area contributed by atoms with Crippen LogP contribution in [0.15, 0.2) is 36.4 Å². The zero-order chi connectivity index (χ0) is 17.8. The summed E-state index contributed by atoms with van der Waals surface area (Å²) in [4.78, 5) is 23.2. The highest BCUT2D eigenvalue weighted by molar-refractivity contribution is 5.99. The molecule has 0 radical (unpaired) electrons. The highest BCUT2D eigenvalue weighted by Crippen LogP contribution is 2.36. The summed E-state index contributed by atoms with van der Waals surface area (Å²) in [5, 5.41) is 14.0. The Morgan fingerprint density at radius 2 is 1.92 bits per heavy atom. The lowest BCUT2D eigenvalue weighted by molar-refractivity contribution is -0.385. The number of nitro benzene ring substituents is 1. The predicted molar refractivity (Wildman–Crippen MR) is 88.3 cm³/mol. The number of hydrogen-bond acceptors (Lipinski definition) is 6. The van der Waals surface area contributed by atoms with E-state index in [9.17, 15) is 14.9 Å². The van der Waals surface area contributed by atoms with Crippen LogP contribution in [-0.2, 0) is 6.54 Å². The molecule has 0 saturated carbocycles. The first kappa shape index (κ1) is 16.6. The minimum absolute atomic E-state index is 0.0795. The highest BCUT2D eigenvalue weighted by Gasteiger charge is 2.26. The van der Waals surface area contributed by atoms with Gasteiger partial charge in [0.25, 0.3) is 11.6 Å². The van der Waals surface area contributed by atoms with Crippen LogP contribution in [0.2, 0.25) is 0 Å². The van der Waals surface area contributed by atoms with Gasteiger partial charge in [0.05, 0.1) is 18.1 Å². The van der Waals surface area contributed by atoms with Crippen molar-refractivity contribution < 1.29 is 23.9 Å². The molecule has 25 heavy (non-hydrogen) atoms. The number of carbonyl (C=O) groups excluding carboxylic acids is 1. The van der Waals surface area contributed by atoms with Gasteiger partial charge in [-0.25, -0.2) is 0 Å². The van der Waals surface area contributed by atoms with Gasteiger partial charge >= 0.3 is 0 Å². The van der Waals surface area contributed by atoms with Gasteiger partial charge in [0.1, 0.15) is 24.5 Å². The number of benzene rings is 2. The first-order valence-corrected chi connectivity index (χ1v) is 7.58. The minimum atomic E-state index is -0.615. The molecule has 0 atom stereocenters. The number of carbonyl (C=O) groups is 1. The molecule has 1 aliphatic rings. The summed E-state index contributed by atoms with van der Waals surface area (Å²) in [5.41, 5.74) is 0.351. The second-order valence-electron chi connectivity index (χ2n) is 5.26. The summed E-state index contributed by atoms with van der Waals surface area (Å²) in [6.07, 6.45) is 0. The van der Waals surface area contributed by atoms with Crippen LogP contribution in [0.3, 0.4) is 0 Å². The third-order valence-corrected chi connectivity index (χ3v) is 3.73. The Morgan fingerprint density at radius 3 is 2.60 bits per heavy atom. The van der Waals surface area contributed by atoms with E-state index in [1.807, 2.05) is 12.1 Å². The van der Waals surface area contributed by atoms with Gasteiger partial charge in [0.2, 0.25) is 0 Å². The monoisotopic (exact) mass is 344 g/mol. The zero-order valence-corrected chi connectivity index (χ0v) is 13.5. The third-order valence-electron chi connectivity index (χ3n) is 3.73. The van der Waals surface area contributed by atoms with Gasteiger partial charge < -0.3 is 19.5 Å². The van der Waals surface area contributed by atoms with Crippen LogP contribution in [-0.4, -0.2) is 31.2 Å². The molecule has 8 heteroatoms. The quantitative estimate of drug-likeness (QED) is 0.660. The molecular weight excluding hydrogens is 328 g/mol. The lowest BCUT2D eigenvalue weighted by atomic mass is 10.1. The van der Waals surface area contributed by atoms with Crippen LogP contribution in [0.25, 0.3) is 0 Å². The molecule has 0 aromatic heterocycles. The van der Waals surface area contributed by atoms with Gasteiger partial charge in [0.15, 0.2) is 11.5 Å². The number of nitrogens with zero attached hydrogens (tertiary/aromatic N) is 1. The lowest BCUT2D eigenvalue weighted by Crippen LogP contribution is -2.25. The molecule has 0 spiro atoms. The van der Waals surface area contributed by atoms with E-state index in [4.69, 9.17) is 14.2 Å². The van der Waals surface area contributed by atoms with Crippen LogP contribution < -0.4 is 19.5 Å². The summed E-state index contributed by atoms with van der Waals surface area (Å²) < 4.78 is 16.0. The van der Waals surface area contributed by atoms with E-state index < -0.39 is 10.8 Å². The Bertz CT molecular complexity index is 821. The van der Waals surface area contributed by atoms with Crippen molar-refractivity contribution in [3.63, 3.8) is 0 Å². The molecular formula is C17H16N2O6. The number of nitro groups is 1. The van der Waals surface area contributed by atoms with Crippen LogP contribution in [0.1, 0.15) is 15.9 Å². The second kappa shape index (κ2) is 7.08. The van der Waals surface area contributed by atoms with E-state index in [-0.39, 0.29) is 23.5 Å². The van der Waals surface area contributed by atoms with Crippen LogP contribution >= 0.6 is 0 Å². The van der Waals surface area contributed by atoms with E-state index in [0.717, 1.165) is 5.56 Å². The van der Waals surface area contributed by atoms with E-state index in [2.05, 4.69) is 5.32 Å². The number of rotatable bonds is 5. The van der Waals surface area contributed by atoms with Crippen molar-refractivity contribution in [1.29, 1.82) is 0 Å². The average molecular weight is 344 g/mol. The highest BCUT2D eigenvalue weighted by atomic mass is 16.6. The SMILES string of the molecule is COc1ccccc1CNC(=O)c1cc2c(cc1[N+](=O)[O-])OCCO2. The van der Waals surface area contributed by atoms with Gasteiger partial charge in [-0.3, -0.25) is 14.9 Å². The standard InChI is InChI=1S/C17H16N2O6/c1-23-14-5-3-2-4-11(14)10-18-17(20)12-8-15-16(25-7-6-24-15)9-13(12)19(21)22/h2-5,8-9H,6-7,10H2,1H3,(H,18,20). The van der Waals surface area contributed by atoms with Gasteiger partial charge in [-0.1, -0.05) is 18.2 Å². The summed E-state index contributed by atoms with van der Waals surface area (Å²) in [5.74, 6) is 0.632. The normalized spacial score (nSPS) is 12.4. The number of fused-ring (bicyclic) bond motifs is 1. The molecule has 0 fully saturated rings. The fourth-order valence-corrected chi connectivity index (χ4v) is 2.53. The molecule has 2 aromatic carbocycles. The van der Waals surface area contributed by atoms with E-state index in [0.29, 0.717) is 24.7 Å². The van der Waals surface area contributed by atoms with E-state index in [1.54, 1.807) is 12.1 Å². The Hall–Kier alpha value is -3.29. The largest absolute Gasteiger partial charge is 0.496 e. The maximum Gasteiger partial charge on any atom is 0.286 e. The maximum absolute atomic E-state index is 12.5. The summed E-state index contributed by atoms with van der Waals surface area (Å²) >= 11 is 0. The van der Waals surface area contributed by atoms with Crippen molar-refractivity contribution in [3.8, 4) is 17.2 Å². The number of amides is 1. The first-order chi connectivity index (χ1) is 12.1. The van der Waals surface area contributed by atoms with Gasteiger partial charge in [-0.2, -0.15) is 0 Å². The molecule has 0 aliphatic carbocycles. The second-order valence-corrected chi connectivity index (χ2v) is 5.26. The first-order valence-electron chi connectivity index (χ1n) is 7.58. The average Bonchev–Trinajstić information content (AvgIpc) is 2.65. The zero-order valence-electron chi connectivity index (χ0n) is 13.5. The van der Waals surface area contributed by atoms with E-state index in [1.165, 1.54) is 19.2 Å². The molecule has 3 rings (SSSR count). The van der Waals surface area contributed by atoms with Crippen molar-refractivity contribution in [3.05, 3.63) is 57.6 Å². The molecule has 0 unspecified atom stereocenters. The van der Waals surface area contributed by atoms with Crippen molar-refractivity contribution in [2.75, 3.05) is 20.3 Å². The number of hydrogen-bond donors (Lipinski definition) is 1. The van der Waals surface area contributed by atoms with E-state index >= 15 is 0 Å². The number of methoxy groups -OCH3 is 1. The predicted octanol–water partition coefficient (Wildman–Crippen LogP) is 2.30. The number of nitrogens with one attached hydrogen (secondary N) is 1. The van der Waals surface area contributed by atoms with Gasteiger partial charge in [-0.15, -0.1) is 0 Å². The molecule has 0 bridgehead atoms. The maximum atomic E-state index is 12.5. The summed E-state index contributed by atoms with van der Waals surface area (Å²) in [6.45, 7) is 0.811. The Balaban J connectivity index is 1.85. The van der Waals surface area contributed by atoms with Crippen molar-refractivity contribution in [2.24, 2.45) is 0 Å². The number of para-hydroxylation sites is 1. The smallest absolute Gasteiger partial charge is 0.286 e. The molecule has 1 aliphatic heterocycles. The Labute approximate surface area is 143 Å². The van der Waals surface area contributed by atoms with Crippen molar-refractivity contribution in [1.82, 2.24) is 5.32 Å². The van der Waals surface area contributed by atoms with Crippen LogP contribution in [0.5, 0.6) is 17.2 Å². The van der Waals surface area contributed by atoms with Crippen molar-refractivity contribution >= 4 is 11.6 Å². The van der Waals surface area contributed by atoms with Gasteiger partial charge in [0, 0.05) is 18.2 Å². The molecule has 1 amide bonds. The molecule has 130 valence electrons. The molecule has 0 saturated heterocycles. The Morgan fingerprint density at radius 1 is 1.24 bits per heavy atom.